The highest BCUT2D eigenvalue weighted by Crippen LogP contribution is 2.35. The Hall–Kier alpha value is -1.88. The van der Waals surface area contributed by atoms with Gasteiger partial charge in [0, 0.05) is 17.7 Å². The van der Waals surface area contributed by atoms with E-state index in [2.05, 4.69) is 16.4 Å². The summed E-state index contributed by atoms with van der Waals surface area (Å²) in [5.41, 5.74) is 1.05. The molecule has 5 heteroatoms. The first kappa shape index (κ1) is 13.1. The smallest absolute Gasteiger partial charge is 0.162 e. The van der Waals surface area contributed by atoms with E-state index in [4.69, 9.17) is 9.47 Å². The van der Waals surface area contributed by atoms with Gasteiger partial charge in [-0.1, -0.05) is 6.07 Å². The van der Waals surface area contributed by atoms with Crippen LogP contribution in [0.25, 0.3) is 0 Å². The number of fused-ring (bicyclic) bond motifs is 1. The molecule has 0 fully saturated rings. The maximum Gasteiger partial charge on any atom is 0.162 e. The quantitative estimate of drug-likeness (QED) is 0.875. The number of rotatable bonds is 4. The number of thioether (sulfide) groups is 1. The Kier molecular flexibility index (Phi) is 3.97. The van der Waals surface area contributed by atoms with Crippen LogP contribution in [-0.4, -0.2) is 25.2 Å². The monoisotopic (exact) mass is 288 g/mol. The van der Waals surface area contributed by atoms with Crippen LogP contribution in [0.3, 0.4) is 0 Å². The van der Waals surface area contributed by atoms with Gasteiger partial charge in [-0.3, -0.25) is 0 Å². The van der Waals surface area contributed by atoms with Crippen LogP contribution in [0.15, 0.2) is 41.3 Å². The van der Waals surface area contributed by atoms with Gasteiger partial charge in [-0.15, -0.1) is 11.8 Å². The predicted molar refractivity (Wildman–Crippen MR) is 80.8 cm³/mol. The second kappa shape index (κ2) is 6.05. The Morgan fingerprint density at radius 2 is 2.00 bits per heavy atom. The van der Waals surface area contributed by atoms with Crippen LogP contribution in [-0.2, 0) is 5.75 Å². The van der Waals surface area contributed by atoms with Gasteiger partial charge in [-0.2, -0.15) is 0 Å². The minimum atomic E-state index is 0.618. The van der Waals surface area contributed by atoms with E-state index in [1.54, 1.807) is 11.8 Å². The van der Waals surface area contributed by atoms with Gasteiger partial charge in [0.05, 0.1) is 5.69 Å². The molecule has 0 unspecified atom stereocenters. The SMILES string of the molecule is CNc1cccc(CSc2ccc3c(c2)OCCO3)n1. The van der Waals surface area contributed by atoms with E-state index in [0.717, 1.165) is 33.7 Å². The van der Waals surface area contributed by atoms with Crippen LogP contribution in [0.2, 0.25) is 0 Å². The summed E-state index contributed by atoms with van der Waals surface area (Å²) in [5, 5.41) is 3.05. The summed E-state index contributed by atoms with van der Waals surface area (Å²) < 4.78 is 11.1. The average Bonchev–Trinajstić information content (AvgIpc) is 2.53. The summed E-state index contributed by atoms with van der Waals surface area (Å²) in [6.07, 6.45) is 0. The minimum Gasteiger partial charge on any atom is -0.486 e. The number of benzene rings is 1. The Balaban J connectivity index is 1.68. The Morgan fingerprint density at radius 3 is 2.85 bits per heavy atom. The minimum absolute atomic E-state index is 0.618. The van der Waals surface area contributed by atoms with Crippen molar-refractivity contribution in [3.05, 3.63) is 42.1 Å². The standard InChI is InChI=1S/C15H16N2O2S/c1-16-15-4-2-3-11(17-15)10-20-12-5-6-13-14(9-12)19-8-7-18-13/h2-6,9H,7-8,10H2,1H3,(H,16,17). The summed E-state index contributed by atoms with van der Waals surface area (Å²) in [7, 11) is 1.88. The summed E-state index contributed by atoms with van der Waals surface area (Å²) in [4.78, 5) is 5.66. The van der Waals surface area contributed by atoms with E-state index in [0.29, 0.717) is 13.2 Å². The van der Waals surface area contributed by atoms with E-state index in [1.165, 1.54) is 0 Å². The van der Waals surface area contributed by atoms with Crippen LogP contribution in [0.5, 0.6) is 11.5 Å². The fourth-order valence-electron chi connectivity index (χ4n) is 1.97. The van der Waals surface area contributed by atoms with Crippen molar-refractivity contribution in [2.45, 2.75) is 10.6 Å². The van der Waals surface area contributed by atoms with Crippen molar-refractivity contribution in [2.24, 2.45) is 0 Å². The fraction of sp³-hybridized carbons (Fsp3) is 0.267. The van der Waals surface area contributed by atoms with Crippen molar-refractivity contribution in [1.82, 2.24) is 4.98 Å². The third-order valence-electron chi connectivity index (χ3n) is 2.96. The van der Waals surface area contributed by atoms with Crippen LogP contribution in [0, 0.1) is 0 Å². The Bertz CT molecular complexity index is 604. The van der Waals surface area contributed by atoms with Crippen LogP contribution in [0.4, 0.5) is 5.82 Å². The molecule has 1 N–H and O–H groups in total. The Labute approximate surface area is 122 Å². The van der Waals surface area contributed by atoms with Gasteiger partial charge in [0.1, 0.15) is 19.0 Å². The zero-order chi connectivity index (χ0) is 13.8. The number of nitrogens with zero attached hydrogens (tertiary/aromatic N) is 1. The third-order valence-corrected chi connectivity index (χ3v) is 3.99. The average molecular weight is 288 g/mol. The molecule has 20 heavy (non-hydrogen) atoms. The highest BCUT2D eigenvalue weighted by molar-refractivity contribution is 7.98. The van der Waals surface area contributed by atoms with Crippen molar-refractivity contribution in [3.63, 3.8) is 0 Å². The molecule has 1 aromatic carbocycles. The summed E-state index contributed by atoms with van der Waals surface area (Å²) >= 11 is 1.74. The number of aromatic nitrogens is 1. The van der Waals surface area contributed by atoms with E-state index in [9.17, 15) is 0 Å². The molecule has 2 heterocycles. The molecule has 0 bridgehead atoms. The molecule has 0 radical (unpaired) electrons. The van der Waals surface area contributed by atoms with Crippen LogP contribution >= 0.6 is 11.8 Å². The third kappa shape index (κ3) is 2.99. The molecule has 104 valence electrons. The summed E-state index contributed by atoms with van der Waals surface area (Å²) in [5.74, 6) is 3.38. The first-order valence-corrected chi connectivity index (χ1v) is 7.50. The molecular formula is C15H16N2O2S. The van der Waals surface area contributed by atoms with Crippen molar-refractivity contribution >= 4 is 17.6 Å². The zero-order valence-electron chi connectivity index (χ0n) is 11.3. The van der Waals surface area contributed by atoms with Gasteiger partial charge in [0.15, 0.2) is 11.5 Å². The van der Waals surface area contributed by atoms with Crippen molar-refractivity contribution < 1.29 is 9.47 Å². The number of hydrogen-bond donors (Lipinski definition) is 1. The molecule has 4 nitrogen and oxygen atoms in total. The summed E-state index contributed by atoms with van der Waals surface area (Å²) in [6.45, 7) is 1.24. The normalized spacial score (nSPS) is 13.1. The van der Waals surface area contributed by atoms with Gasteiger partial charge >= 0.3 is 0 Å². The molecule has 1 aliphatic rings. The molecule has 0 aliphatic carbocycles. The molecule has 0 saturated carbocycles. The molecule has 1 aromatic heterocycles. The number of anilines is 1. The van der Waals surface area contributed by atoms with Crippen molar-refractivity contribution in [2.75, 3.05) is 25.6 Å². The van der Waals surface area contributed by atoms with Gasteiger partial charge in [-0.25, -0.2) is 4.98 Å². The number of pyridine rings is 1. The van der Waals surface area contributed by atoms with E-state index >= 15 is 0 Å². The lowest BCUT2D eigenvalue weighted by Gasteiger charge is -2.18. The van der Waals surface area contributed by atoms with E-state index in [1.807, 2.05) is 37.4 Å². The second-order valence-electron chi connectivity index (χ2n) is 4.36. The lowest BCUT2D eigenvalue weighted by atomic mass is 10.3. The molecule has 1 aliphatic heterocycles. The zero-order valence-corrected chi connectivity index (χ0v) is 12.1. The first-order chi connectivity index (χ1) is 9.85. The van der Waals surface area contributed by atoms with Gasteiger partial charge in [-0.05, 0) is 30.3 Å². The molecule has 3 rings (SSSR count). The van der Waals surface area contributed by atoms with Crippen molar-refractivity contribution in [3.8, 4) is 11.5 Å². The van der Waals surface area contributed by atoms with Gasteiger partial charge in [0.2, 0.25) is 0 Å². The molecule has 2 aromatic rings. The summed E-state index contributed by atoms with van der Waals surface area (Å²) in [6, 6.07) is 12.1. The Morgan fingerprint density at radius 1 is 1.15 bits per heavy atom. The largest absolute Gasteiger partial charge is 0.486 e. The highest BCUT2D eigenvalue weighted by Gasteiger charge is 2.11. The molecule has 0 saturated heterocycles. The molecular weight excluding hydrogens is 272 g/mol. The maximum absolute atomic E-state index is 5.59. The lowest BCUT2D eigenvalue weighted by Crippen LogP contribution is -2.15. The van der Waals surface area contributed by atoms with Gasteiger partial charge < -0.3 is 14.8 Å². The number of ether oxygens (including phenoxy) is 2. The van der Waals surface area contributed by atoms with E-state index in [-0.39, 0.29) is 0 Å². The van der Waals surface area contributed by atoms with Crippen molar-refractivity contribution in [1.29, 1.82) is 0 Å². The van der Waals surface area contributed by atoms with Crippen LogP contribution < -0.4 is 14.8 Å². The van der Waals surface area contributed by atoms with Crippen LogP contribution in [0.1, 0.15) is 5.69 Å². The fourth-order valence-corrected chi connectivity index (χ4v) is 2.80. The molecule has 0 amide bonds. The maximum atomic E-state index is 5.59. The molecule has 0 atom stereocenters. The number of nitrogens with one attached hydrogen (secondary N) is 1. The highest BCUT2D eigenvalue weighted by atomic mass is 32.2. The first-order valence-electron chi connectivity index (χ1n) is 6.51. The topological polar surface area (TPSA) is 43.4 Å². The molecule has 0 spiro atoms. The van der Waals surface area contributed by atoms with E-state index < -0.39 is 0 Å². The van der Waals surface area contributed by atoms with Gasteiger partial charge in [0.25, 0.3) is 0 Å². The lowest BCUT2D eigenvalue weighted by molar-refractivity contribution is 0.171. The second-order valence-corrected chi connectivity index (χ2v) is 5.41. The number of hydrogen-bond acceptors (Lipinski definition) is 5. The predicted octanol–water partition coefficient (Wildman–Crippen LogP) is 3.19.